The van der Waals surface area contributed by atoms with E-state index in [1.54, 1.807) is 0 Å². The molecular formula is C14H11Cl2F5. The smallest absolute Gasteiger partial charge is 0.200 e. The fourth-order valence-electron chi connectivity index (χ4n) is 2.69. The molecule has 0 N–H and O–H groups in total. The predicted molar refractivity (Wildman–Crippen MR) is 70.5 cm³/mol. The summed E-state index contributed by atoms with van der Waals surface area (Å²) in [6.45, 7) is 3.61. The van der Waals surface area contributed by atoms with Crippen LogP contribution in [0, 0.1) is 46.3 Å². The molecule has 0 saturated heterocycles. The second kappa shape index (κ2) is 5.43. The summed E-state index contributed by atoms with van der Waals surface area (Å²) in [6, 6.07) is 0. The van der Waals surface area contributed by atoms with Crippen LogP contribution >= 0.6 is 23.2 Å². The van der Waals surface area contributed by atoms with Crippen molar-refractivity contribution in [3.8, 4) is 0 Å². The Morgan fingerprint density at radius 3 is 1.81 bits per heavy atom. The Kier molecular flexibility index (Phi) is 4.28. The van der Waals surface area contributed by atoms with Crippen molar-refractivity contribution in [3.05, 3.63) is 45.2 Å². The Bertz CT molecular complexity index is 591. The lowest BCUT2D eigenvalue weighted by atomic mass is 10.0. The van der Waals surface area contributed by atoms with E-state index in [4.69, 9.17) is 23.2 Å². The van der Waals surface area contributed by atoms with E-state index < -0.39 is 34.6 Å². The Morgan fingerprint density at radius 1 is 0.952 bits per heavy atom. The molecule has 1 aromatic rings. The molecule has 1 saturated carbocycles. The number of rotatable bonds is 3. The maximum absolute atomic E-state index is 13.6. The standard InChI is InChI=1S/C14H11Cl2F5/c1-14(2)6(7(14)4-8(15)16)3-5-9(17)11(19)13(21)12(20)10(5)18/h4,6-7H,3H2,1-2H3/t6-,7+/m1/s1. The highest BCUT2D eigenvalue weighted by Gasteiger charge is 2.56. The van der Waals surface area contributed by atoms with Crippen molar-refractivity contribution >= 4 is 23.2 Å². The van der Waals surface area contributed by atoms with Crippen LogP contribution in [0.2, 0.25) is 0 Å². The van der Waals surface area contributed by atoms with Gasteiger partial charge in [0.15, 0.2) is 23.3 Å². The highest BCUT2D eigenvalue weighted by atomic mass is 35.5. The zero-order chi connectivity index (χ0) is 16.1. The first-order valence-electron chi connectivity index (χ1n) is 6.12. The Morgan fingerprint density at radius 2 is 1.38 bits per heavy atom. The van der Waals surface area contributed by atoms with Crippen LogP contribution in [-0.4, -0.2) is 0 Å². The van der Waals surface area contributed by atoms with Crippen LogP contribution in [0.4, 0.5) is 22.0 Å². The van der Waals surface area contributed by atoms with Crippen molar-refractivity contribution in [2.75, 3.05) is 0 Å². The number of benzene rings is 1. The maximum Gasteiger partial charge on any atom is 0.200 e. The summed E-state index contributed by atoms with van der Waals surface area (Å²) in [5, 5.41) is 0. The van der Waals surface area contributed by atoms with Crippen LogP contribution in [0.5, 0.6) is 0 Å². The van der Waals surface area contributed by atoms with Crippen molar-refractivity contribution < 1.29 is 22.0 Å². The average Bonchev–Trinajstić information content (AvgIpc) is 2.89. The van der Waals surface area contributed by atoms with Gasteiger partial charge in [-0.1, -0.05) is 43.1 Å². The fraction of sp³-hybridized carbons (Fsp3) is 0.429. The minimum absolute atomic E-state index is 0.00739. The molecule has 0 bridgehead atoms. The van der Waals surface area contributed by atoms with Crippen LogP contribution in [0.25, 0.3) is 0 Å². The van der Waals surface area contributed by atoms with E-state index in [0.717, 1.165) is 0 Å². The SMILES string of the molecule is CC1(C)[C@H](Cc2c(F)c(F)c(F)c(F)c2F)[C@@H]1C=C(Cl)Cl. The first-order chi connectivity index (χ1) is 9.59. The average molecular weight is 345 g/mol. The van der Waals surface area contributed by atoms with Gasteiger partial charge in [0.05, 0.1) is 0 Å². The Balaban J connectivity index is 2.36. The molecule has 0 nitrogen and oxygen atoms in total. The monoisotopic (exact) mass is 344 g/mol. The van der Waals surface area contributed by atoms with E-state index in [9.17, 15) is 22.0 Å². The predicted octanol–water partition coefficient (Wildman–Crippen LogP) is 5.52. The van der Waals surface area contributed by atoms with Crippen LogP contribution in [0.3, 0.4) is 0 Å². The number of halogens is 7. The molecule has 0 aliphatic heterocycles. The first-order valence-corrected chi connectivity index (χ1v) is 6.87. The lowest BCUT2D eigenvalue weighted by molar-refractivity contribution is 0.366. The van der Waals surface area contributed by atoms with Crippen molar-refractivity contribution in [1.29, 1.82) is 0 Å². The summed E-state index contributed by atoms with van der Waals surface area (Å²) in [7, 11) is 0. The molecule has 2 rings (SSSR count). The summed E-state index contributed by atoms with van der Waals surface area (Å²) in [4.78, 5) is 0. The van der Waals surface area contributed by atoms with Gasteiger partial charge < -0.3 is 0 Å². The van der Waals surface area contributed by atoms with Gasteiger partial charge in [-0.25, -0.2) is 22.0 Å². The van der Waals surface area contributed by atoms with Crippen molar-refractivity contribution in [3.63, 3.8) is 0 Å². The summed E-state index contributed by atoms with van der Waals surface area (Å²) in [6.07, 6.45) is 1.24. The van der Waals surface area contributed by atoms with E-state index >= 15 is 0 Å². The molecule has 2 atom stereocenters. The Hall–Kier alpha value is -0.810. The third kappa shape index (κ3) is 2.78. The molecule has 0 unspecified atom stereocenters. The lowest BCUT2D eigenvalue weighted by Crippen LogP contribution is -2.09. The molecule has 1 fully saturated rings. The van der Waals surface area contributed by atoms with Gasteiger partial charge in [-0.3, -0.25) is 0 Å². The molecule has 0 heterocycles. The number of hydrogen-bond acceptors (Lipinski definition) is 0. The molecule has 0 aromatic heterocycles. The van der Waals surface area contributed by atoms with Crippen LogP contribution in [0.15, 0.2) is 10.6 Å². The van der Waals surface area contributed by atoms with Gasteiger partial charge in [0.2, 0.25) is 5.82 Å². The van der Waals surface area contributed by atoms with E-state index in [2.05, 4.69) is 0 Å². The molecule has 0 radical (unpaired) electrons. The fourth-order valence-corrected chi connectivity index (χ4v) is 2.96. The van der Waals surface area contributed by atoms with Gasteiger partial charge in [0, 0.05) is 5.56 Å². The number of hydrogen-bond donors (Lipinski definition) is 0. The summed E-state index contributed by atoms with van der Waals surface area (Å²) < 4.78 is 66.6. The van der Waals surface area contributed by atoms with Gasteiger partial charge in [0.1, 0.15) is 4.49 Å². The quantitative estimate of drug-likeness (QED) is 0.385. The Labute approximate surface area is 128 Å². The van der Waals surface area contributed by atoms with E-state index in [-0.39, 0.29) is 28.2 Å². The molecule has 116 valence electrons. The largest absolute Gasteiger partial charge is 0.203 e. The molecule has 1 aliphatic rings. The molecular weight excluding hydrogens is 334 g/mol. The van der Waals surface area contributed by atoms with Crippen molar-refractivity contribution in [2.45, 2.75) is 20.3 Å². The summed E-state index contributed by atoms with van der Waals surface area (Å²) >= 11 is 11.1. The van der Waals surface area contributed by atoms with Crippen LogP contribution in [0.1, 0.15) is 19.4 Å². The highest BCUT2D eigenvalue weighted by molar-refractivity contribution is 6.55. The zero-order valence-corrected chi connectivity index (χ0v) is 12.6. The first kappa shape index (κ1) is 16.6. The van der Waals surface area contributed by atoms with E-state index in [1.165, 1.54) is 6.08 Å². The van der Waals surface area contributed by atoms with Gasteiger partial charge in [-0.15, -0.1) is 0 Å². The second-order valence-electron chi connectivity index (χ2n) is 5.66. The minimum Gasteiger partial charge on any atom is -0.203 e. The van der Waals surface area contributed by atoms with Gasteiger partial charge in [0.25, 0.3) is 0 Å². The zero-order valence-electron chi connectivity index (χ0n) is 11.1. The van der Waals surface area contributed by atoms with E-state index in [1.807, 2.05) is 13.8 Å². The van der Waals surface area contributed by atoms with Gasteiger partial charge in [-0.05, 0) is 23.7 Å². The summed E-state index contributed by atoms with van der Waals surface area (Å²) in [5.41, 5.74) is -1.18. The van der Waals surface area contributed by atoms with Crippen LogP contribution < -0.4 is 0 Å². The maximum atomic E-state index is 13.6. The summed E-state index contributed by atoms with van der Waals surface area (Å²) in [5.74, 6) is -10.1. The van der Waals surface area contributed by atoms with Crippen molar-refractivity contribution in [1.82, 2.24) is 0 Å². The third-order valence-corrected chi connectivity index (χ3v) is 4.42. The molecule has 7 heteroatoms. The molecule has 1 aliphatic carbocycles. The number of allylic oxidation sites excluding steroid dienone is 1. The second-order valence-corrected chi connectivity index (χ2v) is 6.67. The highest BCUT2D eigenvalue weighted by Crippen LogP contribution is 2.61. The normalized spacial score (nSPS) is 23.1. The molecule has 0 spiro atoms. The van der Waals surface area contributed by atoms with Gasteiger partial charge >= 0.3 is 0 Å². The lowest BCUT2D eigenvalue weighted by Gasteiger charge is -2.08. The molecule has 1 aromatic carbocycles. The van der Waals surface area contributed by atoms with E-state index in [0.29, 0.717) is 0 Å². The third-order valence-electron chi connectivity index (χ3n) is 4.17. The topological polar surface area (TPSA) is 0 Å². The van der Waals surface area contributed by atoms with Gasteiger partial charge in [-0.2, -0.15) is 0 Å². The van der Waals surface area contributed by atoms with Crippen LogP contribution in [-0.2, 0) is 6.42 Å². The van der Waals surface area contributed by atoms with Crippen molar-refractivity contribution in [2.24, 2.45) is 17.3 Å². The molecule has 0 amide bonds. The minimum atomic E-state index is -2.15. The molecule has 21 heavy (non-hydrogen) atoms.